The largest absolute Gasteiger partial charge is 0.348 e. The van der Waals surface area contributed by atoms with Crippen LogP contribution in [0.4, 0.5) is 0 Å². The van der Waals surface area contributed by atoms with Crippen LogP contribution in [0.15, 0.2) is 17.3 Å². The number of amidine groups is 1. The highest BCUT2D eigenvalue weighted by molar-refractivity contribution is 7.11. The zero-order valence-corrected chi connectivity index (χ0v) is 10.2. The Morgan fingerprint density at radius 2 is 2.27 bits per heavy atom. The molecule has 0 saturated heterocycles. The molecule has 0 aromatic carbocycles. The Morgan fingerprint density at radius 3 is 2.73 bits per heavy atom. The highest BCUT2D eigenvalue weighted by Crippen LogP contribution is 2.09. The topological polar surface area (TPSA) is 50.2 Å². The van der Waals surface area contributed by atoms with Crippen LogP contribution in [0.25, 0.3) is 0 Å². The minimum absolute atomic E-state index is 0.592. The standard InChI is InChI=1S/C10H16N4S/c1-5-9(12-7(2)3)11-6-10-14-13-8(4)15-10/h2,5-6H2,1,3-4H3,(H,11,12). The summed E-state index contributed by atoms with van der Waals surface area (Å²) >= 11 is 1.58. The molecule has 1 N–H and O–H groups in total. The van der Waals surface area contributed by atoms with Crippen LogP contribution in [0.1, 0.15) is 30.3 Å². The van der Waals surface area contributed by atoms with Gasteiger partial charge in [0.2, 0.25) is 0 Å². The van der Waals surface area contributed by atoms with Gasteiger partial charge in [0.15, 0.2) is 0 Å². The van der Waals surface area contributed by atoms with Crippen LogP contribution < -0.4 is 5.32 Å². The summed E-state index contributed by atoms with van der Waals surface area (Å²) in [5.41, 5.74) is 0.907. The van der Waals surface area contributed by atoms with Crippen molar-refractivity contribution in [1.29, 1.82) is 0 Å². The number of aryl methyl sites for hydroxylation is 1. The Hall–Kier alpha value is -1.23. The van der Waals surface area contributed by atoms with Gasteiger partial charge in [0.25, 0.3) is 0 Å². The minimum atomic E-state index is 0.592. The predicted molar refractivity (Wildman–Crippen MR) is 64.0 cm³/mol. The molecule has 5 heteroatoms. The highest BCUT2D eigenvalue weighted by Gasteiger charge is 2.00. The summed E-state index contributed by atoms with van der Waals surface area (Å²) in [5, 5.41) is 13.0. The molecule has 0 fully saturated rings. The summed E-state index contributed by atoms with van der Waals surface area (Å²) in [5.74, 6) is 0.940. The molecule has 1 aromatic rings. The van der Waals surface area contributed by atoms with Gasteiger partial charge >= 0.3 is 0 Å². The first-order valence-corrected chi connectivity index (χ1v) is 5.68. The van der Waals surface area contributed by atoms with Crippen molar-refractivity contribution in [3.05, 3.63) is 22.3 Å². The number of aliphatic imine (C=N–C) groups is 1. The Kier molecular flexibility index (Phi) is 4.42. The van der Waals surface area contributed by atoms with Crippen LogP contribution >= 0.6 is 11.3 Å². The van der Waals surface area contributed by atoms with Gasteiger partial charge in [-0.15, -0.1) is 10.2 Å². The predicted octanol–water partition coefficient (Wildman–Crippen LogP) is 2.28. The average Bonchev–Trinajstić information content (AvgIpc) is 2.58. The first kappa shape index (κ1) is 11.8. The van der Waals surface area contributed by atoms with Gasteiger partial charge in [-0.2, -0.15) is 0 Å². The van der Waals surface area contributed by atoms with Crippen molar-refractivity contribution in [1.82, 2.24) is 15.5 Å². The van der Waals surface area contributed by atoms with Crippen molar-refractivity contribution < 1.29 is 0 Å². The van der Waals surface area contributed by atoms with Gasteiger partial charge in [-0.1, -0.05) is 24.8 Å². The Balaban J connectivity index is 2.57. The second-order valence-electron chi connectivity index (χ2n) is 3.24. The maximum atomic E-state index is 4.42. The van der Waals surface area contributed by atoms with E-state index in [2.05, 4.69) is 34.0 Å². The molecule has 1 heterocycles. The van der Waals surface area contributed by atoms with Crippen LogP contribution in [0.5, 0.6) is 0 Å². The van der Waals surface area contributed by atoms with Crippen LogP contribution in [-0.4, -0.2) is 16.0 Å². The summed E-state index contributed by atoms with van der Waals surface area (Å²) < 4.78 is 0. The number of aromatic nitrogens is 2. The molecule has 0 spiro atoms. The van der Waals surface area contributed by atoms with Gasteiger partial charge < -0.3 is 5.32 Å². The van der Waals surface area contributed by atoms with Crippen molar-refractivity contribution in [2.75, 3.05) is 0 Å². The number of nitrogens with zero attached hydrogens (tertiary/aromatic N) is 3. The molecule has 0 radical (unpaired) electrons. The molecule has 82 valence electrons. The maximum absolute atomic E-state index is 4.42. The number of hydrogen-bond acceptors (Lipinski definition) is 4. The molecule has 15 heavy (non-hydrogen) atoms. The molecule has 0 saturated carbocycles. The SMILES string of the molecule is C=C(C)NC(CC)=NCc1nnc(C)s1. The number of hydrogen-bond donors (Lipinski definition) is 1. The van der Waals surface area contributed by atoms with E-state index in [1.165, 1.54) is 0 Å². The van der Waals surface area contributed by atoms with Crippen molar-refractivity contribution in [3.8, 4) is 0 Å². The van der Waals surface area contributed by atoms with Crippen LogP contribution in [0, 0.1) is 6.92 Å². The van der Waals surface area contributed by atoms with E-state index in [-0.39, 0.29) is 0 Å². The van der Waals surface area contributed by atoms with Gasteiger partial charge in [0, 0.05) is 12.1 Å². The van der Waals surface area contributed by atoms with E-state index in [1.54, 1.807) is 11.3 Å². The van der Waals surface area contributed by atoms with Gasteiger partial charge in [-0.05, 0) is 13.8 Å². The molecule has 0 bridgehead atoms. The summed E-state index contributed by atoms with van der Waals surface area (Å²) in [6.07, 6.45) is 0.866. The van der Waals surface area contributed by atoms with Gasteiger partial charge in [0.1, 0.15) is 15.9 Å². The minimum Gasteiger partial charge on any atom is -0.348 e. The Morgan fingerprint density at radius 1 is 1.53 bits per heavy atom. The second kappa shape index (κ2) is 5.60. The van der Waals surface area contributed by atoms with E-state index in [0.29, 0.717) is 6.54 Å². The highest BCUT2D eigenvalue weighted by atomic mass is 32.1. The van der Waals surface area contributed by atoms with E-state index >= 15 is 0 Å². The van der Waals surface area contributed by atoms with E-state index in [9.17, 15) is 0 Å². The fourth-order valence-electron chi connectivity index (χ4n) is 1.05. The number of rotatable bonds is 4. The monoisotopic (exact) mass is 224 g/mol. The van der Waals surface area contributed by atoms with Crippen molar-refractivity contribution in [2.45, 2.75) is 33.7 Å². The number of nitrogens with one attached hydrogen (secondary N) is 1. The third kappa shape index (κ3) is 4.20. The molecule has 0 amide bonds. The van der Waals surface area contributed by atoms with E-state index in [1.807, 2.05) is 13.8 Å². The fourth-order valence-corrected chi connectivity index (χ4v) is 1.68. The lowest BCUT2D eigenvalue weighted by Crippen LogP contribution is -2.20. The molecule has 1 aromatic heterocycles. The molecule has 4 nitrogen and oxygen atoms in total. The summed E-state index contributed by atoms with van der Waals surface area (Å²) in [6.45, 7) is 10.3. The van der Waals surface area contributed by atoms with Gasteiger partial charge in [-0.25, -0.2) is 0 Å². The summed E-state index contributed by atoms with van der Waals surface area (Å²) in [7, 11) is 0. The van der Waals surface area contributed by atoms with E-state index < -0.39 is 0 Å². The maximum Gasteiger partial charge on any atom is 0.139 e. The smallest absolute Gasteiger partial charge is 0.139 e. The normalized spacial score (nSPS) is 11.5. The average molecular weight is 224 g/mol. The molecule has 1 rings (SSSR count). The lowest BCUT2D eigenvalue weighted by Gasteiger charge is -2.05. The first-order valence-electron chi connectivity index (χ1n) is 4.86. The molecule has 0 unspecified atom stereocenters. The van der Waals surface area contributed by atoms with Crippen LogP contribution in [0.2, 0.25) is 0 Å². The summed E-state index contributed by atoms with van der Waals surface area (Å²) in [6, 6.07) is 0. The Labute approximate surface area is 94.2 Å². The van der Waals surface area contributed by atoms with Crippen LogP contribution in [-0.2, 0) is 6.54 Å². The van der Waals surface area contributed by atoms with Crippen molar-refractivity contribution in [3.63, 3.8) is 0 Å². The zero-order valence-electron chi connectivity index (χ0n) is 9.37. The van der Waals surface area contributed by atoms with Gasteiger partial charge in [-0.3, -0.25) is 4.99 Å². The quantitative estimate of drug-likeness (QED) is 0.630. The zero-order chi connectivity index (χ0) is 11.3. The third-order valence-electron chi connectivity index (χ3n) is 1.67. The van der Waals surface area contributed by atoms with Gasteiger partial charge in [0.05, 0.1) is 6.54 Å². The molecular weight excluding hydrogens is 208 g/mol. The van der Waals surface area contributed by atoms with E-state index in [0.717, 1.165) is 28.0 Å². The molecule has 0 aliphatic heterocycles. The molecule has 0 atom stereocenters. The molecule has 0 aliphatic rings. The van der Waals surface area contributed by atoms with E-state index in [4.69, 9.17) is 0 Å². The third-order valence-corrected chi connectivity index (χ3v) is 2.49. The first-order chi connectivity index (χ1) is 7.11. The van der Waals surface area contributed by atoms with Crippen molar-refractivity contribution in [2.24, 2.45) is 4.99 Å². The molecule has 0 aliphatic carbocycles. The number of allylic oxidation sites excluding steroid dienone is 1. The lowest BCUT2D eigenvalue weighted by atomic mass is 10.4. The van der Waals surface area contributed by atoms with Crippen molar-refractivity contribution >= 4 is 17.2 Å². The van der Waals surface area contributed by atoms with Crippen LogP contribution in [0.3, 0.4) is 0 Å². The Bertz CT molecular complexity index is 367. The fraction of sp³-hybridized carbons (Fsp3) is 0.500. The lowest BCUT2D eigenvalue weighted by molar-refractivity contribution is 0.923. The molecular formula is C10H16N4S. The second-order valence-corrected chi connectivity index (χ2v) is 4.50. The summed E-state index contributed by atoms with van der Waals surface area (Å²) in [4.78, 5) is 4.42.